The molecule has 0 aromatic rings. The summed E-state index contributed by atoms with van der Waals surface area (Å²) in [6.07, 6.45) is -0.329. The normalized spacial score (nSPS) is 28.6. The van der Waals surface area contributed by atoms with Crippen molar-refractivity contribution >= 4 is 24.1 Å². The predicted molar refractivity (Wildman–Crippen MR) is 45.3 cm³/mol. The van der Waals surface area contributed by atoms with Crippen molar-refractivity contribution in [2.45, 2.75) is 6.10 Å². The van der Waals surface area contributed by atoms with Gasteiger partial charge in [-0.25, -0.2) is 0 Å². The van der Waals surface area contributed by atoms with Crippen LogP contribution in [0.1, 0.15) is 0 Å². The molecule has 1 saturated heterocycles. The number of carbonyl (C=O) groups excluding carboxylic acids is 1. The summed E-state index contributed by atoms with van der Waals surface area (Å²) in [5.74, 6) is 0. The second-order valence-corrected chi connectivity index (χ2v) is 6.54. The minimum atomic E-state index is -1.76. The van der Waals surface area contributed by atoms with Crippen molar-refractivity contribution in [3.05, 3.63) is 0 Å². The van der Waals surface area contributed by atoms with E-state index in [1.807, 2.05) is 0 Å². The summed E-state index contributed by atoms with van der Waals surface area (Å²) in [7, 11) is 1.38. The van der Waals surface area contributed by atoms with Gasteiger partial charge in [-0.2, -0.15) is 0 Å². The zero-order chi connectivity index (χ0) is 7.56. The van der Waals surface area contributed by atoms with Gasteiger partial charge < -0.3 is 0 Å². The van der Waals surface area contributed by atoms with E-state index >= 15 is 0 Å². The number of ether oxygens (including phenoxy) is 1. The van der Waals surface area contributed by atoms with Gasteiger partial charge in [0.2, 0.25) is 0 Å². The van der Waals surface area contributed by atoms with E-state index in [4.69, 9.17) is 5.11 Å². The van der Waals surface area contributed by atoms with E-state index in [2.05, 4.69) is 8.27 Å². The first-order valence-corrected chi connectivity index (χ1v) is 6.57. The van der Waals surface area contributed by atoms with E-state index in [0.29, 0.717) is 11.0 Å². The average Bonchev–Trinajstić information content (AvgIpc) is 2.34. The molecule has 0 bridgehead atoms. The van der Waals surface area contributed by atoms with E-state index in [0.717, 1.165) is 0 Å². The Labute approximate surface area is 66.7 Å². The standard InChI is InChI=1S/C5H10INO3/c1-10-5(9)6-2-4(8)3-7-6/h4,7-8H,2-3H2,1H3/t4-/m1/s1. The molecule has 0 amide bonds. The molecule has 1 fully saturated rings. The average molecular weight is 259 g/mol. The van der Waals surface area contributed by atoms with Crippen LogP contribution in [0.2, 0.25) is 0 Å². The molecule has 0 aromatic heterocycles. The summed E-state index contributed by atoms with van der Waals surface area (Å²) in [6, 6.07) is 0. The van der Waals surface area contributed by atoms with Gasteiger partial charge in [-0.15, -0.1) is 0 Å². The SMILES string of the molecule is COC(=O)I1C[C@@H](O)CN1. The van der Waals surface area contributed by atoms with Crippen molar-refractivity contribution in [3.63, 3.8) is 0 Å². The van der Waals surface area contributed by atoms with Crippen LogP contribution in [0.15, 0.2) is 0 Å². The summed E-state index contributed by atoms with van der Waals surface area (Å²) in [4.78, 5) is 10.8. The number of aliphatic hydroxyl groups is 1. The number of hydrogen-bond donors (Lipinski definition) is 2. The maximum absolute atomic E-state index is 10.8. The quantitative estimate of drug-likeness (QED) is 0.304. The van der Waals surface area contributed by atoms with Crippen molar-refractivity contribution < 1.29 is 14.6 Å². The number of hydrogen-bond acceptors (Lipinski definition) is 4. The summed E-state index contributed by atoms with van der Waals surface area (Å²) >= 11 is -1.76. The zero-order valence-electron chi connectivity index (χ0n) is 5.63. The number of rotatable bonds is 1. The van der Waals surface area contributed by atoms with Crippen LogP contribution in [0, 0.1) is 0 Å². The molecule has 0 spiro atoms. The third-order valence-electron chi connectivity index (χ3n) is 1.15. The third kappa shape index (κ3) is 1.80. The van der Waals surface area contributed by atoms with Crippen molar-refractivity contribution in [2.24, 2.45) is 0 Å². The minimum absolute atomic E-state index is 0.138. The van der Waals surface area contributed by atoms with Gasteiger partial charge in [0.25, 0.3) is 0 Å². The fourth-order valence-electron chi connectivity index (χ4n) is 0.680. The Hall–Kier alpha value is 0.120. The molecular weight excluding hydrogens is 249 g/mol. The van der Waals surface area contributed by atoms with E-state index in [-0.39, 0.29) is 10.1 Å². The third-order valence-corrected chi connectivity index (χ3v) is 5.92. The van der Waals surface area contributed by atoms with Crippen molar-refractivity contribution in [2.75, 3.05) is 18.1 Å². The summed E-state index contributed by atoms with van der Waals surface area (Å²) in [5.41, 5.74) is 0. The number of halogens is 1. The monoisotopic (exact) mass is 259 g/mol. The maximum atomic E-state index is 10.8. The summed E-state index contributed by atoms with van der Waals surface area (Å²) < 4.78 is 8.01. The number of carbonyl (C=O) groups is 1. The summed E-state index contributed by atoms with van der Waals surface area (Å²) in [5, 5.41) is 9.01. The van der Waals surface area contributed by atoms with E-state index < -0.39 is 20.1 Å². The first kappa shape index (κ1) is 8.22. The van der Waals surface area contributed by atoms with E-state index in [9.17, 15) is 4.79 Å². The molecule has 0 aromatic carbocycles. The van der Waals surface area contributed by atoms with Gasteiger partial charge in [0.1, 0.15) is 0 Å². The molecular formula is C5H10INO3. The first-order chi connectivity index (χ1) is 4.74. The van der Waals surface area contributed by atoms with Crippen molar-refractivity contribution in [1.29, 1.82) is 0 Å². The van der Waals surface area contributed by atoms with Crippen molar-refractivity contribution in [3.8, 4) is 0 Å². The number of aliphatic hydroxyl groups excluding tert-OH is 1. The van der Waals surface area contributed by atoms with Crippen LogP contribution in [0.25, 0.3) is 0 Å². The van der Waals surface area contributed by atoms with Gasteiger partial charge in [0, 0.05) is 0 Å². The molecule has 4 nitrogen and oxygen atoms in total. The Kier molecular flexibility index (Phi) is 2.87. The van der Waals surface area contributed by atoms with Gasteiger partial charge in [-0.3, -0.25) is 0 Å². The molecule has 1 rings (SSSR count). The molecule has 0 saturated carbocycles. The van der Waals surface area contributed by atoms with E-state index in [1.165, 1.54) is 7.11 Å². The molecule has 2 N–H and O–H groups in total. The molecule has 1 atom stereocenters. The Morgan fingerprint density at radius 1 is 1.90 bits per heavy atom. The van der Waals surface area contributed by atoms with Crippen LogP contribution in [-0.4, -0.2) is 33.3 Å². The van der Waals surface area contributed by atoms with Crippen molar-refractivity contribution in [1.82, 2.24) is 3.53 Å². The van der Waals surface area contributed by atoms with Gasteiger partial charge in [0.05, 0.1) is 0 Å². The van der Waals surface area contributed by atoms with Crippen LogP contribution in [0.5, 0.6) is 0 Å². The second-order valence-electron chi connectivity index (χ2n) is 1.95. The summed E-state index contributed by atoms with van der Waals surface area (Å²) in [6.45, 7) is 0.556. The van der Waals surface area contributed by atoms with Gasteiger partial charge in [-0.1, -0.05) is 0 Å². The fraction of sp³-hybridized carbons (Fsp3) is 0.800. The Morgan fingerprint density at radius 3 is 3.00 bits per heavy atom. The molecule has 0 unspecified atom stereocenters. The molecule has 0 radical (unpaired) electrons. The van der Waals surface area contributed by atoms with E-state index in [1.54, 1.807) is 0 Å². The molecule has 60 valence electrons. The fourth-order valence-corrected chi connectivity index (χ4v) is 4.56. The number of nitrogens with one attached hydrogen (secondary N) is 1. The molecule has 1 heterocycles. The second kappa shape index (κ2) is 3.49. The van der Waals surface area contributed by atoms with Gasteiger partial charge in [0.15, 0.2) is 0 Å². The zero-order valence-corrected chi connectivity index (χ0v) is 7.79. The Bertz CT molecular complexity index is 141. The molecule has 1 aliphatic heterocycles. The number of methoxy groups -OCH3 is 1. The van der Waals surface area contributed by atoms with Crippen LogP contribution >= 0.6 is 20.1 Å². The molecule has 10 heavy (non-hydrogen) atoms. The molecule has 5 heteroatoms. The van der Waals surface area contributed by atoms with Gasteiger partial charge in [-0.05, 0) is 0 Å². The number of β-amino-alcohol motifs (C(OH)–C–C–N with tert-alkyl or cyclic N) is 1. The predicted octanol–water partition coefficient (Wildman–Crippen LogP) is 0.138. The van der Waals surface area contributed by atoms with Crippen LogP contribution in [-0.2, 0) is 4.74 Å². The molecule has 0 aliphatic carbocycles. The topological polar surface area (TPSA) is 58.6 Å². The Balaban J connectivity index is 2.37. The Morgan fingerprint density at radius 2 is 2.60 bits per heavy atom. The van der Waals surface area contributed by atoms with Gasteiger partial charge >= 0.3 is 66.4 Å². The molecule has 1 aliphatic rings. The number of alkyl halides is 1. The first-order valence-electron chi connectivity index (χ1n) is 2.89. The van der Waals surface area contributed by atoms with Crippen LogP contribution in [0.4, 0.5) is 4.79 Å². The van der Waals surface area contributed by atoms with Crippen LogP contribution < -0.4 is 3.53 Å². The van der Waals surface area contributed by atoms with Crippen LogP contribution in [0.3, 0.4) is 0 Å².